The summed E-state index contributed by atoms with van der Waals surface area (Å²) < 4.78 is 42.7. The van der Waals surface area contributed by atoms with Crippen molar-refractivity contribution in [2.45, 2.75) is 38.3 Å². The molecule has 1 atom stereocenters. The molecule has 6 rings (SSSR count). The molecule has 0 radical (unpaired) electrons. The van der Waals surface area contributed by atoms with Gasteiger partial charge in [-0.3, -0.25) is 4.90 Å². The first-order valence-corrected chi connectivity index (χ1v) is 11.7. The molecule has 3 aliphatic rings. The Morgan fingerprint density at radius 2 is 2.06 bits per heavy atom. The lowest BCUT2D eigenvalue weighted by Gasteiger charge is -2.39. The van der Waals surface area contributed by atoms with Crippen molar-refractivity contribution in [1.29, 1.82) is 0 Å². The normalized spacial score (nSPS) is 21.0. The number of hydrogen-bond donors (Lipinski definition) is 0. The van der Waals surface area contributed by atoms with E-state index in [4.69, 9.17) is 9.47 Å². The van der Waals surface area contributed by atoms with Gasteiger partial charge in [0.2, 0.25) is 0 Å². The number of aromatic nitrogens is 2. The van der Waals surface area contributed by atoms with Crippen molar-refractivity contribution < 1.29 is 23.0 Å². The highest BCUT2D eigenvalue weighted by Crippen LogP contribution is 2.43. The van der Waals surface area contributed by atoms with Crippen LogP contribution in [0.15, 0.2) is 42.7 Å². The van der Waals surface area contributed by atoms with Crippen LogP contribution in [0, 0.1) is 6.92 Å². The van der Waals surface area contributed by atoms with E-state index in [9.17, 15) is 4.79 Å². The SMILES string of the molecule is Cc1c(C2CN(Cc3cnn(-c4ccc5c(c4)N(C)CO5)c3)CCC2(F)F)ccc2c1COC2=O. The third-order valence-electron chi connectivity index (χ3n) is 7.37. The summed E-state index contributed by atoms with van der Waals surface area (Å²) in [6.45, 7) is 3.56. The number of rotatable bonds is 4. The minimum absolute atomic E-state index is 0.152. The van der Waals surface area contributed by atoms with E-state index in [2.05, 4.69) is 10.00 Å². The number of carbonyl (C=O) groups is 1. The minimum Gasteiger partial charge on any atom is -0.471 e. The molecule has 35 heavy (non-hydrogen) atoms. The number of benzene rings is 2. The molecule has 0 saturated carbocycles. The van der Waals surface area contributed by atoms with Crippen LogP contribution in [0.4, 0.5) is 14.5 Å². The number of nitrogens with zero attached hydrogens (tertiary/aromatic N) is 4. The lowest BCUT2D eigenvalue weighted by atomic mass is 9.82. The molecule has 0 spiro atoms. The second-order valence-corrected chi connectivity index (χ2v) is 9.60. The van der Waals surface area contributed by atoms with Gasteiger partial charge in [0.25, 0.3) is 5.92 Å². The standard InChI is InChI=1S/C26H26F2N4O3/c1-16-19(4-5-20-21(16)14-34-25(20)33)22-13-31(8-7-26(22,27)28)11-17-10-29-32(12-17)18-3-6-24-23(9-18)30(2)15-35-24/h3-6,9-10,12,22H,7-8,11,13-15H2,1-2H3. The van der Waals surface area contributed by atoms with Gasteiger partial charge in [0, 0.05) is 50.4 Å². The third-order valence-corrected chi connectivity index (χ3v) is 7.37. The molecule has 1 aromatic heterocycles. The largest absolute Gasteiger partial charge is 0.471 e. The number of carbonyl (C=O) groups excluding carboxylic acids is 1. The van der Waals surface area contributed by atoms with Crippen LogP contribution in [0.1, 0.15) is 45.0 Å². The Balaban J connectivity index is 1.21. The van der Waals surface area contributed by atoms with Crippen molar-refractivity contribution in [3.8, 4) is 11.4 Å². The van der Waals surface area contributed by atoms with E-state index >= 15 is 8.78 Å². The van der Waals surface area contributed by atoms with Gasteiger partial charge in [-0.1, -0.05) is 6.07 Å². The molecule has 3 aromatic rings. The lowest BCUT2D eigenvalue weighted by Crippen LogP contribution is -2.45. The number of anilines is 1. The number of fused-ring (bicyclic) bond motifs is 2. The van der Waals surface area contributed by atoms with Gasteiger partial charge in [0.1, 0.15) is 12.4 Å². The van der Waals surface area contributed by atoms with E-state index in [0.717, 1.165) is 33.8 Å². The van der Waals surface area contributed by atoms with Crippen LogP contribution in [-0.2, 0) is 17.9 Å². The van der Waals surface area contributed by atoms with Gasteiger partial charge >= 0.3 is 5.97 Å². The molecular formula is C26H26F2N4O3. The van der Waals surface area contributed by atoms with Crippen LogP contribution < -0.4 is 9.64 Å². The van der Waals surface area contributed by atoms with Crippen LogP contribution in [0.5, 0.6) is 5.75 Å². The van der Waals surface area contributed by atoms with Crippen molar-refractivity contribution in [1.82, 2.24) is 14.7 Å². The first kappa shape index (κ1) is 22.0. The van der Waals surface area contributed by atoms with Crippen molar-refractivity contribution in [3.63, 3.8) is 0 Å². The predicted octanol–water partition coefficient (Wildman–Crippen LogP) is 4.26. The van der Waals surface area contributed by atoms with Gasteiger partial charge in [-0.15, -0.1) is 0 Å². The summed E-state index contributed by atoms with van der Waals surface area (Å²) in [5.41, 5.74) is 5.43. The number of esters is 1. The van der Waals surface area contributed by atoms with Gasteiger partial charge in [-0.25, -0.2) is 18.3 Å². The molecule has 7 nitrogen and oxygen atoms in total. The molecule has 1 saturated heterocycles. The smallest absolute Gasteiger partial charge is 0.338 e. The zero-order valence-corrected chi connectivity index (χ0v) is 19.6. The molecule has 0 bridgehead atoms. The fraction of sp³-hybridized carbons (Fsp3) is 0.385. The van der Waals surface area contributed by atoms with E-state index in [-0.39, 0.29) is 25.5 Å². The first-order valence-electron chi connectivity index (χ1n) is 11.7. The summed E-state index contributed by atoms with van der Waals surface area (Å²) in [5, 5.41) is 4.51. The monoisotopic (exact) mass is 480 g/mol. The Hall–Kier alpha value is -3.46. The Morgan fingerprint density at radius 3 is 2.91 bits per heavy atom. The molecule has 9 heteroatoms. The van der Waals surface area contributed by atoms with E-state index in [1.807, 2.05) is 43.3 Å². The second kappa shape index (κ2) is 8.05. The number of cyclic esters (lactones) is 1. The van der Waals surface area contributed by atoms with E-state index in [1.54, 1.807) is 23.0 Å². The highest BCUT2D eigenvalue weighted by atomic mass is 19.3. The summed E-state index contributed by atoms with van der Waals surface area (Å²) in [4.78, 5) is 16.0. The second-order valence-electron chi connectivity index (χ2n) is 9.60. The molecule has 2 aromatic carbocycles. The van der Waals surface area contributed by atoms with Crippen LogP contribution in [0.2, 0.25) is 0 Å². The number of alkyl halides is 2. The van der Waals surface area contributed by atoms with Crippen molar-refractivity contribution >= 4 is 11.7 Å². The Morgan fingerprint density at radius 1 is 1.20 bits per heavy atom. The van der Waals surface area contributed by atoms with Gasteiger partial charge < -0.3 is 14.4 Å². The number of likely N-dealkylation sites (tertiary alicyclic amines) is 1. The quantitative estimate of drug-likeness (QED) is 0.520. The molecule has 4 heterocycles. The molecule has 0 N–H and O–H groups in total. The number of halogens is 2. The summed E-state index contributed by atoms with van der Waals surface area (Å²) in [6.07, 6.45) is 3.52. The first-order chi connectivity index (χ1) is 16.8. The zero-order chi connectivity index (χ0) is 24.3. The molecule has 0 amide bonds. The van der Waals surface area contributed by atoms with Crippen molar-refractivity contribution in [3.05, 3.63) is 70.5 Å². The van der Waals surface area contributed by atoms with Gasteiger partial charge in [0.05, 0.1) is 29.1 Å². The molecule has 0 aliphatic carbocycles. The van der Waals surface area contributed by atoms with Crippen molar-refractivity contribution in [2.24, 2.45) is 0 Å². The Labute approximate surface area is 201 Å². The van der Waals surface area contributed by atoms with Crippen LogP contribution >= 0.6 is 0 Å². The van der Waals surface area contributed by atoms with E-state index in [0.29, 0.717) is 30.9 Å². The number of piperidine rings is 1. The van der Waals surface area contributed by atoms with Crippen LogP contribution in [0.25, 0.3) is 5.69 Å². The van der Waals surface area contributed by atoms with Crippen LogP contribution in [-0.4, -0.2) is 53.4 Å². The highest BCUT2D eigenvalue weighted by Gasteiger charge is 2.46. The van der Waals surface area contributed by atoms with Gasteiger partial charge in [-0.2, -0.15) is 5.10 Å². The minimum atomic E-state index is -2.82. The van der Waals surface area contributed by atoms with E-state index < -0.39 is 11.8 Å². The Bertz CT molecular complexity index is 1320. The van der Waals surface area contributed by atoms with Gasteiger partial charge in [-0.05, 0) is 42.3 Å². The summed E-state index contributed by atoms with van der Waals surface area (Å²) in [5.74, 6) is -3.30. The maximum atomic E-state index is 15.1. The van der Waals surface area contributed by atoms with Gasteiger partial charge in [0.15, 0.2) is 6.73 Å². The topological polar surface area (TPSA) is 59.8 Å². The number of hydrogen-bond acceptors (Lipinski definition) is 6. The maximum Gasteiger partial charge on any atom is 0.338 e. The molecule has 1 unspecified atom stereocenters. The van der Waals surface area contributed by atoms with Crippen molar-refractivity contribution in [2.75, 3.05) is 31.8 Å². The summed E-state index contributed by atoms with van der Waals surface area (Å²) in [6, 6.07) is 9.23. The van der Waals surface area contributed by atoms with Crippen LogP contribution in [0.3, 0.4) is 0 Å². The molecule has 3 aliphatic heterocycles. The average Bonchev–Trinajstić information content (AvgIpc) is 3.55. The van der Waals surface area contributed by atoms with E-state index in [1.165, 1.54) is 0 Å². The zero-order valence-electron chi connectivity index (χ0n) is 19.6. The Kier molecular flexibility index (Phi) is 5.07. The third kappa shape index (κ3) is 3.74. The lowest BCUT2D eigenvalue weighted by molar-refractivity contribution is -0.0774. The highest BCUT2D eigenvalue weighted by molar-refractivity contribution is 5.94. The fourth-order valence-corrected chi connectivity index (χ4v) is 5.32. The fourth-order valence-electron chi connectivity index (χ4n) is 5.32. The summed E-state index contributed by atoms with van der Waals surface area (Å²) >= 11 is 0. The number of ether oxygens (including phenoxy) is 2. The maximum absolute atomic E-state index is 15.1. The average molecular weight is 481 g/mol. The predicted molar refractivity (Wildman–Crippen MR) is 125 cm³/mol. The molecular weight excluding hydrogens is 454 g/mol. The summed E-state index contributed by atoms with van der Waals surface area (Å²) in [7, 11) is 1.97. The molecule has 1 fully saturated rings. The molecule has 182 valence electrons.